The zero-order valence-electron chi connectivity index (χ0n) is 13.7. The third kappa shape index (κ3) is 3.49. The van der Waals surface area contributed by atoms with E-state index in [1.807, 2.05) is 17.8 Å². The van der Waals surface area contributed by atoms with Crippen LogP contribution in [0.2, 0.25) is 0 Å². The molecule has 4 rings (SSSR count). The molecule has 24 heavy (non-hydrogen) atoms. The van der Waals surface area contributed by atoms with Gasteiger partial charge in [0, 0.05) is 56.4 Å². The number of thiazole rings is 1. The van der Waals surface area contributed by atoms with Crippen molar-refractivity contribution in [3.63, 3.8) is 0 Å². The van der Waals surface area contributed by atoms with E-state index in [2.05, 4.69) is 31.2 Å². The molecule has 126 valence electrons. The quantitative estimate of drug-likeness (QED) is 0.856. The second-order valence-corrected chi connectivity index (χ2v) is 7.39. The average molecular weight is 342 g/mol. The summed E-state index contributed by atoms with van der Waals surface area (Å²) in [6.07, 6.45) is 5.70. The molecule has 0 N–H and O–H groups in total. The molecule has 0 spiro atoms. The SMILES string of the molecule is O=C([C@H]1C[C@H]1c1cccnc1)N1CCCN(Cc2cscn2)CC1. The molecule has 3 heterocycles. The van der Waals surface area contributed by atoms with Crippen molar-refractivity contribution in [1.29, 1.82) is 0 Å². The zero-order valence-corrected chi connectivity index (χ0v) is 14.5. The Morgan fingerprint density at radius 3 is 3.04 bits per heavy atom. The molecule has 1 saturated heterocycles. The van der Waals surface area contributed by atoms with Crippen LogP contribution in [0.25, 0.3) is 0 Å². The maximum Gasteiger partial charge on any atom is 0.226 e. The van der Waals surface area contributed by atoms with Crippen molar-refractivity contribution in [3.8, 4) is 0 Å². The van der Waals surface area contributed by atoms with Crippen LogP contribution < -0.4 is 0 Å². The fraction of sp³-hybridized carbons (Fsp3) is 0.500. The molecule has 2 aliphatic rings. The van der Waals surface area contributed by atoms with E-state index >= 15 is 0 Å². The molecule has 6 heteroatoms. The Labute approximate surface area is 146 Å². The number of hydrogen-bond acceptors (Lipinski definition) is 5. The maximum absolute atomic E-state index is 12.8. The highest BCUT2D eigenvalue weighted by atomic mass is 32.1. The molecule has 0 radical (unpaired) electrons. The summed E-state index contributed by atoms with van der Waals surface area (Å²) in [7, 11) is 0. The summed E-state index contributed by atoms with van der Waals surface area (Å²) in [5, 5.41) is 2.11. The minimum Gasteiger partial charge on any atom is -0.341 e. The second-order valence-electron chi connectivity index (χ2n) is 6.67. The summed E-state index contributed by atoms with van der Waals surface area (Å²) in [6.45, 7) is 4.58. The number of pyridine rings is 1. The number of nitrogens with zero attached hydrogens (tertiary/aromatic N) is 4. The van der Waals surface area contributed by atoms with Gasteiger partial charge in [-0.25, -0.2) is 4.98 Å². The molecule has 0 bridgehead atoms. The van der Waals surface area contributed by atoms with Gasteiger partial charge in [-0.1, -0.05) is 6.07 Å². The van der Waals surface area contributed by atoms with E-state index in [9.17, 15) is 4.79 Å². The highest BCUT2D eigenvalue weighted by Gasteiger charge is 2.45. The predicted octanol–water partition coefficient (Wildman–Crippen LogP) is 2.38. The first-order chi connectivity index (χ1) is 11.8. The minimum atomic E-state index is 0.166. The molecule has 2 aromatic heterocycles. The van der Waals surface area contributed by atoms with Gasteiger partial charge >= 0.3 is 0 Å². The molecular weight excluding hydrogens is 320 g/mol. The lowest BCUT2D eigenvalue weighted by molar-refractivity contribution is -0.132. The Hall–Kier alpha value is -1.79. The van der Waals surface area contributed by atoms with Crippen LogP contribution in [-0.2, 0) is 11.3 Å². The first kappa shape index (κ1) is 15.7. The third-order valence-electron chi connectivity index (χ3n) is 4.99. The first-order valence-corrected chi connectivity index (χ1v) is 9.53. The van der Waals surface area contributed by atoms with Crippen molar-refractivity contribution in [2.75, 3.05) is 26.2 Å². The lowest BCUT2D eigenvalue weighted by Gasteiger charge is -2.21. The maximum atomic E-state index is 12.8. The number of carbonyl (C=O) groups is 1. The summed E-state index contributed by atoms with van der Waals surface area (Å²) >= 11 is 1.64. The fourth-order valence-electron chi connectivity index (χ4n) is 3.56. The monoisotopic (exact) mass is 342 g/mol. The van der Waals surface area contributed by atoms with Gasteiger partial charge in [0.1, 0.15) is 0 Å². The molecule has 2 atom stereocenters. The van der Waals surface area contributed by atoms with Crippen molar-refractivity contribution >= 4 is 17.2 Å². The summed E-state index contributed by atoms with van der Waals surface area (Å²) in [4.78, 5) is 25.8. The van der Waals surface area contributed by atoms with Crippen molar-refractivity contribution in [2.45, 2.75) is 25.3 Å². The van der Waals surface area contributed by atoms with Gasteiger partial charge in [-0.05, 0) is 30.4 Å². The van der Waals surface area contributed by atoms with Crippen LogP contribution in [0.1, 0.15) is 30.0 Å². The number of aromatic nitrogens is 2. The molecular formula is C18H22N4OS. The summed E-state index contributed by atoms with van der Waals surface area (Å²) in [5.41, 5.74) is 4.23. The van der Waals surface area contributed by atoms with Gasteiger partial charge in [-0.15, -0.1) is 11.3 Å². The van der Waals surface area contributed by atoms with Crippen molar-refractivity contribution in [3.05, 3.63) is 46.7 Å². The van der Waals surface area contributed by atoms with Crippen LogP contribution in [0, 0.1) is 5.92 Å². The molecule has 2 fully saturated rings. The molecule has 1 amide bonds. The first-order valence-electron chi connectivity index (χ1n) is 8.59. The standard InChI is InChI=1S/C18H22N4OS/c23-18(17-9-16(17)14-3-1-4-19-10-14)22-6-2-5-21(7-8-22)11-15-12-24-13-20-15/h1,3-4,10,12-13,16-17H,2,5-9,11H2/t16-,17-/m0/s1. The van der Waals surface area contributed by atoms with E-state index < -0.39 is 0 Å². The van der Waals surface area contributed by atoms with E-state index in [4.69, 9.17) is 0 Å². The van der Waals surface area contributed by atoms with Gasteiger partial charge in [-0.2, -0.15) is 0 Å². The second kappa shape index (κ2) is 6.99. The van der Waals surface area contributed by atoms with Crippen molar-refractivity contribution in [1.82, 2.24) is 19.8 Å². The molecule has 2 aromatic rings. The van der Waals surface area contributed by atoms with E-state index in [0.717, 1.165) is 51.3 Å². The highest BCUT2D eigenvalue weighted by molar-refractivity contribution is 7.07. The van der Waals surface area contributed by atoms with E-state index in [1.165, 1.54) is 5.56 Å². The number of amides is 1. The highest BCUT2D eigenvalue weighted by Crippen LogP contribution is 2.48. The van der Waals surface area contributed by atoms with Gasteiger partial charge in [0.15, 0.2) is 0 Å². The summed E-state index contributed by atoms with van der Waals surface area (Å²) < 4.78 is 0. The van der Waals surface area contributed by atoms with Crippen LogP contribution in [0.4, 0.5) is 0 Å². The molecule has 1 aliphatic carbocycles. The van der Waals surface area contributed by atoms with Crippen LogP contribution in [0.15, 0.2) is 35.4 Å². The normalized spacial score (nSPS) is 24.6. The van der Waals surface area contributed by atoms with E-state index in [0.29, 0.717) is 11.8 Å². The smallest absolute Gasteiger partial charge is 0.226 e. The molecule has 0 unspecified atom stereocenters. The van der Waals surface area contributed by atoms with Crippen LogP contribution in [0.5, 0.6) is 0 Å². The molecule has 5 nitrogen and oxygen atoms in total. The summed E-state index contributed by atoms with van der Waals surface area (Å²) in [5.74, 6) is 0.874. The van der Waals surface area contributed by atoms with Crippen LogP contribution >= 0.6 is 11.3 Å². The van der Waals surface area contributed by atoms with Gasteiger partial charge in [0.2, 0.25) is 5.91 Å². The Balaban J connectivity index is 1.32. The Bertz CT molecular complexity index is 676. The number of rotatable bonds is 4. The van der Waals surface area contributed by atoms with Crippen molar-refractivity contribution in [2.24, 2.45) is 5.92 Å². The Morgan fingerprint density at radius 2 is 2.25 bits per heavy atom. The van der Waals surface area contributed by atoms with Gasteiger partial charge < -0.3 is 4.90 Å². The average Bonchev–Trinajstić information content (AvgIpc) is 3.32. The molecule has 1 aliphatic heterocycles. The van der Waals surface area contributed by atoms with Crippen LogP contribution in [0.3, 0.4) is 0 Å². The van der Waals surface area contributed by atoms with E-state index in [1.54, 1.807) is 17.5 Å². The minimum absolute atomic E-state index is 0.166. The Kier molecular flexibility index (Phi) is 4.58. The number of carbonyl (C=O) groups excluding carboxylic acids is 1. The fourth-order valence-corrected chi connectivity index (χ4v) is 4.11. The third-order valence-corrected chi connectivity index (χ3v) is 5.62. The molecule has 0 aromatic carbocycles. The van der Waals surface area contributed by atoms with E-state index in [-0.39, 0.29) is 5.92 Å². The topological polar surface area (TPSA) is 49.3 Å². The predicted molar refractivity (Wildman–Crippen MR) is 93.7 cm³/mol. The van der Waals surface area contributed by atoms with Gasteiger partial charge in [-0.3, -0.25) is 14.7 Å². The van der Waals surface area contributed by atoms with Gasteiger partial charge in [0.05, 0.1) is 11.2 Å². The van der Waals surface area contributed by atoms with Crippen LogP contribution in [-0.4, -0.2) is 51.9 Å². The lowest BCUT2D eigenvalue weighted by atomic mass is 10.1. The molecule has 1 saturated carbocycles. The van der Waals surface area contributed by atoms with Gasteiger partial charge in [0.25, 0.3) is 0 Å². The number of hydrogen-bond donors (Lipinski definition) is 0. The Morgan fingerprint density at radius 1 is 1.29 bits per heavy atom. The zero-order chi connectivity index (χ0) is 16.4. The van der Waals surface area contributed by atoms with Crippen molar-refractivity contribution < 1.29 is 4.79 Å². The lowest BCUT2D eigenvalue weighted by Crippen LogP contribution is -2.36. The largest absolute Gasteiger partial charge is 0.341 e. The summed E-state index contributed by atoms with van der Waals surface area (Å²) in [6, 6.07) is 4.04.